The van der Waals surface area contributed by atoms with Crippen LogP contribution >= 0.6 is 11.6 Å². The lowest BCUT2D eigenvalue weighted by molar-refractivity contribution is 0.313. The molecule has 0 amide bonds. The monoisotopic (exact) mass is 322 g/mol. The third-order valence-electron chi connectivity index (χ3n) is 4.75. The van der Waals surface area contributed by atoms with Crippen molar-refractivity contribution in [1.29, 1.82) is 0 Å². The third-order valence-corrected chi connectivity index (χ3v) is 4.98. The average Bonchev–Trinajstić information content (AvgIpc) is 2.72. The fourth-order valence-electron chi connectivity index (χ4n) is 3.46. The van der Waals surface area contributed by atoms with Crippen LogP contribution in [0.1, 0.15) is 35.2 Å². The second-order valence-electron chi connectivity index (χ2n) is 6.29. The summed E-state index contributed by atoms with van der Waals surface area (Å²) in [6.07, 6.45) is 8.40. The summed E-state index contributed by atoms with van der Waals surface area (Å²) in [6, 6.07) is 10.3. The molecule has 2 nitrogen and oxygen atoms in total. The fraction of sp³-hybridized carbons (Fsp3) is 0.250. The highest BCUT2D eigenvalue weighted by Crippen LogP contribution is 2.38. The summed E-state index contributed by atoms with van der Waals surface area (Å²) in [7, 11) is 2.19. The number of rotatable bonds is 0. The number of hydrogen-bond acceptors (Lipinski definition) is 2. The number of halogens is 1. The normalized spacial score (nSPS) is 17.7. The van der Waals surface area contributed by atoms with Crippen molar-refractivity contribution in [2.24, 2.45) is 0 Å². The van der Waals surface area contributed by atoms with Crippen LogP contribution in [-0.2, 0) is 0 Å². The van der Waals surface area contributed by atoms with Crippen molar-refractivity contribution in [1.82, 2.24) is 9.88 Å². The van der Waals surface area contributed by atoms with Gasteiger partial charge >= 0.3 is 0 Å². The summed E-state index contributed by atoms with van der Waals surface area (Å²) >= 11 is 6.22. The predicted octanol–water partition coefficient (Wildman–Crippen LogP) is 4.75. The van der Waals surface area contributed by atoms with Crippen LogP contribution < -0.4 is 0 Å². The van der Waals surface area contributed by atoms with Gasteiger partial charge in [-0.05, 0) is 49.2 Å². The van der Waals surface area contributed by atoms with Crippen LogP contribution in [0.5, 0.6) is 0 Å². The third kappa shape index (κ3) is 2.73. The zero-order valence-corrected chi connectivity index (χ0v) is 14.0. The lowest BCUT2D eigenvalue weighted by atomic mass is 9.88. The number of piperidine rings is 1. The van der Waals surface area contributed by atoms with E-state index in [1.54, 1.807) is 0 Å². The molecule has 1 aliphatic heterocycles. The molecule has 116 valence electrons. The summed E-state index contributed by atoms with van der Waals surface area (Å²) in [5.41, 5.74) is 7.53. The summed E-state index contributed by atoms with van der Waals surface area (Å²) in [5.74, 6) is 0. The Bertz CT molecular complexity index is 810. The molecular formula is C20H19ClN2. The quantitative estimate of drug-likeness (QED) is 0.594. The van der Waals surface area contributed by atoms with Crippen LogP contribution in [0.4, 0.5) is 0 Å². The Hall–Kier alpha value is -1.90. The molecule has 0 saturated carbocycles. The van der Waals surface area contributed by atoms with Crippen LogP contribution in [0.2, 0.25) is 5.02 Å². The van der Waals surface area contributed by atoms with Gasteiger partial charge in [0, 0.05) is 35.4 Å². The lowest BCUT2D eigenvalue weighted by Gasteiger charge is -2.27. The van der Waals surface area contributed by atoms with E-state index in [-0.39, 0.29) is 0 Å². The molecule has 0 atom stereocenters. The van der Waals surface area contributed by atoms with Crippen LogP contribution in [0.25, 0.3) is 17.7 Å². The summed E-state index contributed by atoms with van der Waals surface area (Å²) in [4.78, 5) is 7.11. The van der Waals surface area contributed by atoms with Gasteiger partial charge in [0.2, 0.25) is 0 Å². The number of nitrogens with zero attached hydrogens (tertiary/aromatic N) is 2. The minimum Gasteiger partial charge on any atom is -0.306 e. The molecule has 1 fully saturated rings. The van der Waals surface area contributed by atoms with Crippen molar-refractivity contribution in [3.63, 3.8) is 0 Å². The Kier molecular flexibility index (Phi) is 3.80. The van der Waals surface area contributed by atoms with Crippen LogP contribution in [-0.4, -0.2) is 30.0 Å². The number of fused-ring (bicyclic) bond motifs is 2. The van der Waals surface area contributed by atoms with E-state index in [9.17, 15) is 0 Å². The van der Waals surface area contributed by atoms with Gasteiger partial charge in [0.1, 0.15) is 0 Å². The van der Waals surface area contributed by atoms with Crippen molar-refractivity contribution in [2.75, 3.05) is 20.1 Å². The highest BCUT2D eigenvalue weighted by atomic mass is 35.5. The van der Waals surface area contributed by atoms with E-state index in [1.807, 2.05) is 18.3 Å². The topological polar surface area (TPSA) is 16.1 Å². The Morgan fingerprint density at radius 2 is 1.83 bits per heavy atom. The predicted molar refractivity (Wildman–Crippen MR) is 97.4 cm³/mol. The molecule has 1 saturated heterocycles. The summed E-state index contributed by atoms with van der Waals surface area (Å²) in [5, 5.41) is 0.778. The molecule has 0 N–H and O–H groups in total. The van der Waals surface area contributed by atoms with Gasteiger partial charge in [0.15, 0.2) is 0 Å². The Morgan fingerprint density at radius 1 is 1.04 bits per heavy atom. The van der Waals surface area contributed by atoms with Crippen LogP contribution in [0.15, 0.2) is 42.1 Å². The second kappa shape index (κ2) is 5.95. The van der Waals surface area contributed by atoms with Gasteiger partial charge in [-0.25, -0.2) is 0 Å². The molecule has 23 heavy (non-hydrogen) atoms. The minimum atomic E-state index is 0.778. The molecule has 2 heterocycles. The number of likely N-dealkylation sites (tertiary alicyclic amines) is 1. The standard InChI is InChI=1S/C20H19ClN2/c1-23-11-8-14(9-12-23)19-18-7-6-17(21)13-16(18)5-4-15-3-2-10-22-20(15)19/h2-7,10,13H,8-9,11-12H2,1H3. The fourth-order valence-corrected chi connectivity index (χ4v) is 3.64. The van der Waals surface area contributed by atoms with E-state index in [2.05, 4.69) is 42.3 Å². The number of hydrogen-bond donors (Lipinski definition) is 0. The molecule has 3 heteroatoms. The Morgan fingerprint density at radius 3 is 2.65 bits per heavy atom. The van der Waals surface area contributed by atoms with Gasteiger partial charge in [-0.15, -0.1) is 0 Å². The molecule has 1 aromatic heterocycles. The molecule has 1 aliphatic carbocycles. The van der Waals surface area contributed by atoms with E-state index in [1.165, 1.54) is 27.8 Å². The summed E-state index contributed by atoms with van der Waals surface area (Å²) < 4.78 is 0. The van der Waals surface area contributed by atoms with Crippen molar-refractivity contribution < 1.29 is 0 Å². The highest BCUT2D eigenvalue weighted by molar-refractivity contribution is 6.30. The molecule has 0 radical (unpaired) electrons. The highest BCUT2D eigenvalue weighted by Gasteiger charge is 2.22. The number of pyridine rings is 1. The van der Waals surface area contributed by atoms with Gasteiger partial charge in [0.05, 0.1) is 5.69 Å². The maximum atomic E-state index is 6.22. The van der Waals surface area contributed by atoms with Gasteiger partial charge in [0.25, 0.3) is 0 Å². The summed E-state index contributed by atoms with van der Waals surface area (Å²) in [6.45, 7) is 2.22. The zero-order chi connectivity index (χ0) is 15.8. The van der Waals surface area contributed by atoms with E-state index in [0.717, 1.165) is 36.6 Å². The van der Waals surface area contributed by atoms with Crippen LogP contribution in [0, 0.1) is 0 Å². The van der Waals surface area contributed by atoms with Gasteiger partial charge in [-0.3, -0.25) is 4.98 Å². The first-order chi connectivity index (χ1) is 11.2. The first-order valence-corrected chi connectivity index (χ1v) is 8.44. The molecule has 0 bridgehead atoms. The molecule has 4 rings (SSSR count). The molecule has 1 aromatic carbocycles. The van der Waals surface area contributed by atoms with Gasteiger partial charge in [-0.2, -0.15) is 0 Å². The van der Waals surface area contributed by atoms with Crippen molar-refractivity contribution in [2.45, 2.75) is 12.8 Å². The SMILES string of the molecule is CN1CCC(=C2c3ccc(Cl)cc3C=Cc3cccnc32)CC1. The van der Waals surface area contributed by atoms with Crippen molar-refractivity contribution in [3.8, 4) is 0 Å². The minimum absolute atomic E-state index is 0.778. The first kappa shape index (κ1) is 14.7. The van der Waals surface area contributed by atoms with E-state index in [0.29, 0.717) is 0 Å². The average molecular weight is 323 g/mol. The molecule has 0 spiro atoms. The number of aromatic nitrogens is 1. The van der Waals surface area contributed by atoms with Crippen molar-refractivity contribution >= 4 is 29.3 Å². The first-order valence-electron chi connectivity index (χ1n) is 8.06. The molecule has 2 aromatic rings. The van der Waals surface area contributed by atoms with E-state index < -0.39 is 0 Å². The Balaban J connectivity index is 1.97. The van der Waals surface area contributed by atoms with Crippen LogP contribution in [0.3, 0.4) is 0 Å². The van der Waals surface area contributed by atoms with Gasteiger partial charge in [-0.1, -0.05) is 41.5 Å². The maximum Gasteiger partial charge on any atom is 0.0780 e. The number of benzene rings is 1. The second-order valence-corrected chi connectivity index (χ2v) is 6.72. The maximum absolute atomic E-state index is 6.22. The van der Waals surface area contributed by atoms with Gasteiger partial charge < -0.3 is 4.90 Å². The smallest absolute Gasteiger partial charge is 0.0780 e. The zero-order valence-electron chi connectivity index (χ0n) is 13.2. The van der Waals surface area contributed by atoms with E-state index in [4.69, 9.17) is 16.6 Å². The molecular weight excluding hydrogens is 304 g/mol. The van der Waals surface area contributed by atoms with Crippen molar-refractivity contribution in [3.05, 3.63) is 69.5 Å². The lowest BCUT2D eigenvalue weighted by Crippen LogP contribution is -2.27. The molecule has 2 aliphatic rings. The largest absolute Gasteiger partial charge is 0.306 e. The molecule has 0 unspecified atom stereocenters. The Labute approximate surface area is 142 Å². The van der Waals surface area contributed by atoms with E-state index >= 15 is 0 Å².